The molecule has 10 nitrogen and oxygen atoms in total. The monoisotopic (exact) mass is 498 g/mol. The van der Waals surface area contributed by atoms with Crippen LogP contribution in [-0.2, 0) is 23.1 Å². The van der Waals surface area contributed by atoms with Crippen molar-refractivity contribution in [2.45, 2.75) is 19.9 Å². The zero-order valence-electron chi connectivity index (χ0n) is 21.4. The number of ether oxygens (including phenoxy) is 1. The van der Waals surface area contributed by atoms with E-state index in [2.05, 4.69) is 27.6 Å². The van der Waals surface area contributed by atoms with Crippen LogP contribution >= 0.6 is 0 Å². The average molecular weight is 499 g/mol. The lowest BCUT2D eigenvalue weighted by molar-refractivity contribution is -0.125. The van der Waals surface area contributed by atoms with E-state index in [1.165, 1.54) is 0 Å². The van der Waals surface area contributed by atoms with Crippen molar-refractivity contribution in [3.8, 4) is 22.6 Å². The number of imidazole rings is 1. The van der Waals surface area contributed by atoms with Gasteiger partial charge >= 0.3 is 0 Å². The van der Waals surface area contributed by atoms with Gasteiger partial charge in [-0.05, 0) is 25.5 Å². The summed E-state index contributed by atoms with van der Waals surface area (Å²) in [5.41, 5.74) is 5.30. The molecule has 0 bridgehead atoms. The molecule has 2 aliphatic rings. The number of amides is 1. The second-order valence-corrected chi connectivity index (χ2v) is 9.46. The second-order valence-electron chi connectivity index (χ2n) is 9.46. The van der Waals surface area contributed by atoms with Gasteiger partial charge < -0.3 is 19.1 Å². The zero-order chi connectivity index (χ0) is 25.5. The maximum atomic E-state index is 12.5. The molecule has 1 saturated heterocycles. The predicted molar refractivity (Wildman–Crippen MR) is 142 cm³/mol. The SMILES string of the molecule is CCn1c(C2=CC(=O)N(C)CC2)nc2c(N3CCOCC3)nc(-c3cccc(-c4ccn(C)n4)c3)nc21. The Bertz CT molecular complexity index is 1510. The van der Waals surface area contributed by atoms with Gasteiger partial charge in [0.2, 0.25) is 5.91 Å². The molecule has 2 aliphatic heterocycles. The van der Waals surface area contributed by atoms with Crippen molar-refractivity contribution < 1.29 is 9.53 Å². The molecule has 0 radical (unpaired) electrons. The highest BCUT2D eigenvalue weighted by Gasteiger charge is 2.26. The maximum Gasteiger partial charge on any atom is 0.246 e. The minimum Gasteiger partial charge on any atom is -0.378 e. The maximum absolute atomic E-state index is 12.5. The predicted octanol–water partition coefficient (Wildman–Crippen LogP) is 3.00. The Balaban J connectivity index is 1.53. The van der Waals surface area contributed by atoms with Gasteiger partial charge in [-0.15, -0.1) is 0 Å². The fraction of sp³-hybridized carbons (Fsp3) is 0.370. The van der Waals surface area contributed by atoms with E-state index in [9.17, 15) is 4.79 Å². The lowest BCUT2D eigenvalue weighted by Crippen LogP contribution is -2.37. The van der Waals surface area contributed by atoms with Crippen LogP contribution in [0.4, 0.5) is 5.82 Å². The number of benzene rings is 1. The second kappa shape index (κ2) is 9.44. The average Bonchev–Trinajstić information content (AvgIpc) is 3.53. The number of fused-ring (bicyclic) bond motifs is 1. The largest absolute Gasteiger partial charge is 0.378 e. The summed E-state index contributed by atoms with van der Waals surface area (Å²) in [6.45, 7) is 6.19. The quantitative estimate of drug-likeness (QED) is 0.418. The van der Waals surface area contributed by atoms with Crippen molar-refractivity contribution >= 4 is 28.5 Å². The Kier molecular flexibility index (Phi) is 5.96. The molecule has 37 heavy (non-hydrogen) atoms. The number of hydrogen-bond acceptors (Lipinski definition) is 7. The van der Waals surface area contributed by atoms with E-state index in [1.54, 1.807) is 15.7 Å². The van der Waals surface area contributed by atoms with Gasteiger partial charge in [-0.25, -0.2) is 15.0 Å². The summed E-state index contributed by atoms with van der Waals surface area (Å²) in [6, 6.07) is 10.2. The smallest absolute Gasteiger partial charge is 0.246 e. The van der Waals surface area contributed by atoms with Crippen molar-refractivity contribution in [1.82, 2.24) is 34.2 Å². The Labute approximate surface area is 215 Å². The summed E-state index contributed by atoms with van der Waals surface area (Å²) in [6.07, 6.45) is 4.39. The molecule has 0 unspecified atom stereocenters. The molecule has 0 aliphatic carbocycles. The molecule has 0 atom stereocenters. The number of aromatic nitrogens is 6. The third kappa shape index (κ3) is 4.27. The van der Waals surface area contributed by atoms with Gasteiger partial charge in [0.25, 0.3) is 0 Å². The van der Waals surface area contributed by atoms with Crippen LogP contribution in [0.5, 0.6) is 0 Å². The highest BCUT2D eigenvalue weighted by Crippen LogP contribution is 2.33. The van der Waals surface area contributed by atoms with E-state index in [0.29, 0.717) is 32.1 Å². The number of hydrogen-bond donors (Lipinski definition) is 0. The van der Waals surface area contributed by atoms with Gasteiger partial charge in [-0.1, -0.05) is 18.2 Å². The first kappa shape index (κ1) is 23.4. The number of morpholine rings is 1. The number of aryl methyl sites for hydroxylation is 2. The van der Waals surface area contributed by atoms with E-state index in [4.69, 9.17) is 19.7 Å². The lowest BCUT2D eigenvalue weighted by Gasteiger charge is -2.28. The summed E-state index contributed by atoms with van der Waals surface area (Å²) in [7, 11) is 3.74. The Hall–Kier alpha value is -4.05. The van der Waals surface area contributed by atoms with Gasteiger partial charge in [0, 0.05) is 69.2 Å². The Morgan fingerprint density at radius 1 is 1.00 bits per heavy atom. The minimum absolute atomic E-state index is 0.00229. The molecule has 1 fully saturated rings. The first-order valence-corrected chi connectivity index (χ1v) is 12.7. The fourth-order valence-corrected chi connectivity index (χ4v) is 4.95. The molecule has 0 spiro atoms. The number of nitrogens with zero attached hydrogens (tertiary/aromatic N) is 8. The first-order valence-electron chi connectivity index (χ1n) is 12.7. The summed E-state index contributed by atoms with van der Waals surface area (Å²) < 4.78 is 9.52. The third-order valence-electron chi connectivity index (χ3n) is 7.01. The van der Waals surface area contributed by atoms with Crippen molar-refractivity contribution in [1.29, 1.82) is 0 Å². The molecule has 5 heterocycles. The van der Waals surface area contributed by atoms with Crippen molar-refractivity contribution in [2.75, 3.05) is 44.8 Å². The highest BCUT2D eigenvalue weighted by atomic mass is 16.5. The lowest BCUT2D eigenvalue weighted by atomic mass is 10.1. The van der Waals surface area contributed by atoms with Crippen molar-refractivity contribution in [3.63, 3.8) is 0 Å². The van der Waals surface area contributed by atoms with E-state index in [1.807, 2.05) is 44.6 Å². The Morgan fingerprint density at radius 2 is 1.81 bits per heavy atom. The number of carbonyl (C=O) groups excluding carboxylic acids is 1. The van der Waals surface area contributed by atoms with Gasteiger partial charge in [-0.3, -0.25) is 9.48 Å². The van der Waals surface area contributed by atoms with Crippen LogP contribution in [0.1, 0.15) is 19.2 Å². The standard InChI is InChI=1S/C27H30N8O2/c1-4-35-25(20-8-10-32(2)22(36)17-20)28-23-26(34-12-14-37-15-13-34)29-24(30-27(23)35)19-7-5-6-18(16-19)21-9-11-33(3)31-21/h5-7,9,11,16-17H,4,8,10,12-15H2,1-3H3. The molecule has 4 aromatic rings. The minimum atomic E-state index is 0.00229. The summed E-state index contributed by atoms with van der Waals surface area (Å²) in [5, 5.41) is 4.55. The molecule has 0 saturated carbocycles. The highest BCUT2D eigenvalue weighted by molar-refractivity contribution is 5.97. The van der Waals surface area contributed by atoms with Crippen LogP contribution in [0, 0.1) is 0 Å². The van der Waals surface area contributed by atoms with Crippen LogP contribution in [-0.4, -0.2) is 80.0 Å². The summed E-state index contributed by atoms with van der Waals surface area (Å²) >= 11 is 0. The number of anilines is 1. The number of likely N-dealkylation sites (N-methyl/N-ethyl adjacent to an activating group) is 1. The van der Waals surface area contributed by atoms with Gasteiger partial charge in [0.1, 0.15) is 5.82 Å². The van der Waals surface area contributed by atoms with Crippen LogP contribution in [0.2, 0.25) is 0 Å². The molecule has 1 aromatic carbocycles. The van der Waals surface area contributed by atoms with Crippen LogP contribution in [0.3, 0.4) is 0 Å². The summed E-state index contributed by atoms with van der Waals surface area (Å²) in [5.74, 6) is 2.24. The van der Waals surface area contributed by atoms with Crippen LogP contribution in [0.15, 0.2) is 42.6 Å². The van der Waals surface area contributed by atoms with Gasteiger partial charge in [0.15, 0.2) is 22.8 Å². The zero-order valence-corrected chi connectivity index (χ0v) is 21.4. The van der Waals surface area contributed by atoms with Crippen molar-refractivity contribution in [2.24, 2.45) is 7.05 Å². The molecule has 10 heteroatoms. The molecular formula is C27H30N8O2. The van der Waals surface area contributed by atoms with Crippen LogP contribution < -0.4 is 4.90 Å². The number of rotatable bonds is 5. The topological polar surface area (TPSA) is 94.2 Å². The van der Waals surface area contributed by atoms with Crippen molar-refractivity contribution in [3.05, 3.63) is 48.4 Å². The normalized spacial score (nSPS) is 16.5. The van der Waals surface area contributed by atoms with Gasteiger partial charge in [-0.2, -0.15) is 5.10 Å². The molecule has 1 amide bonds. The van der Waals surface area contributed by atoms with E-state index in [0.717, 1.165) is 64.7 Å². The van der Waals surface area contributed by atoms with E-state index in [-0.39, 0.29) is 5.91 Å². The molecule has 3 aromatic heterocycles. The third-order valence-corrected chi connectivity index (χ3v) is 7.01. The van der Waals surface area contributed by atoms with Gasteiger partial charge in [0.05, 0.1) is 18.9 Å². The molecule has 6 rings (SSSR count). The fourth-order valence-electron chi connectivity index (χ4n) is 4.95. The first-order chi connectivity index (χ1) is 18.0. The Morgan fingerprint density at radius 3 is 2.54 bits per heavy atom. The molecule has 0 N–H and O–H groups in total. The molecular weight excluding hydrogens is 468 g/mol. The number of carbonyl (C=O) groups is 1. The molecule has 190 valence electrons. The van der Waals surface area contributed by atoms with E-state index < -0.39 is 0 Å². The van der Waals surface area contributed by atoms with E-state index >= 15 is 0 Å². The summed E-state index contributed by atoms with van der Waals surface area (Å²) in [4.78, 5) is 31.6. The van der Waals surface area contributed by atoms with Crippen LogP contribution in [0.25, 0.3) is 39.4 Å².